The van der Waals surface area contributed by atoms with Crippen LogP contribution in [0.2, 0.25) is 0 Å². The highest BCUT2D eigenvalue weighted by Gasteiger charge is 2.40. The topological polar surface area (TPSA) is 88.8 Å². The van der Waals surface area contributed by atoms with E-state index in [-0.39, 0.29) is 11.1 Å². The molecule has 0 radical (unpaired) electrons. The minimum Gasteiger partial charge on any atom is -0.364 e. The van der Waals surface area contributed by atoms with Crippen LogP contribution in [0.1, 0.15) is 73.5 Å². The second-order valence-corrected chi connectivity index (χ2v) is 7.54. The third kappa shape index (κ3) is 2.52. The first kappa shape index (κ1) is 15.4. The van der Waals surface area contributed by atoms with Crippen molar-refractivity contribution >= 4 is 16.8 Å². The zero-order valence-corrected chi connectivity index (χ0v) is 13.8. The summed E-state index contributed by atoms with van der Waals surface area (Å²) in [5.41, 5.74) is 7.38. The summed E-state index contributed by atoms with van der Waals surface area (Å²) in [5.74, 6) is -0.258. The number of H-pyrrole nitrogens is 1. The molecule has 2 heterocycles. The molecule has 1 unspecified atom stereocenters. The first-order valence-electron chi connectivity index (χ1n) is 8.90. The summed E-state index contributed by atoms with van der Waals surface area (Å²) in [6.07, 6.45) is 11.8. The van der Waals surface area contributed by atoms with Gasteiger partial charge in [-0.15, -0.1) is 0 Å². The molecule has 0 aromatic carbocycles. The van der Waals surface area contributed by atoms with E-state index in [1.54, 1.807) is 12.1 Å². The Morgan fingerprint density at radius 2 is 2.04 bits per heavy atom. The number of amides is 1. The molecule has 2 aliphatic carbocycles. The third-order valence-electron chi connectivity index (χ3n) is 6.05. The summed E-state index contributed by atoms with van der Waals surface area (Å²) in [4.78, 5) is 31.4. The standard InChI is InChI=1S/C19H23N3O2/c20-18(24)17-16-13(5-9-21-17)22-14(10-15(16)23)12-4-8-19(11-12)6-2-1-3-7-19/h5,9-10,12H,1-4,6-8,11H2,(H2,20,24)(H,22,23). The molecule has 126 valence electrons. The van der Waals surface area contributed by atoms with Gasteiger partial charge in [0.05, 0.1) is 10.9 Å². The number of carbonyl (C=O) groups excluding carboxylic acids is 1. The van der Waals surface area contributed by atoms with Crippen molar-refractivity contribution in [3.63, 3.8) is 0 Å². The Morgan fingerprint density at radius 1 is 1.25 bits per heavy atom. The highest BCUT2D eigenvalue weighted by atomic mass is 16.1. The number of primary amides is 1. The number of nitrogens with two attached hydrogens (primary N) is 1. The molecule has 2 saturated carbocycles. The van der Waals surface area contributed by atoms with E-state index in [9.17, 15) is 9.59 Å². The van der Waals surface area contributed by atoms with Crippen LogP contribution in [0, 0.1) is 5.41 Å². The van der Waals surface area contributed by atoms with Gasteiger partial charge in [-0.25, -0.2) is 0 Å². The molecule has 0 saturated heterocycles. The van der Waals surface area contributed by atoms with Crippen LogP contribution in [0.25, 0.3) is 10.9 Å². The van der Waals surface area contributed by atoms with E-state index in [1.165, 1.54) is 51.1 Å². The van der Waals surface area contributed by atoms with Crippen LogP contribution in [-0.4, -0.2) is 15.9 Å². The first-order chi connectivity index (χ1) is 11.6. The molecule has 2 aromatic heterocycles. The van der Waals surface area contributed by atoms with Crippen LogP contribution in [0.4, 0.5) is 0 Å². The Kier molecular flexibility index (Phi) is 3.66. The van der Waals surface area contributed by atoms with E-state index in [4.69, 9.17) is 5.73 Å². The summed E-state index contributed by atoms with van der Waals surface area (Å²) >= 11 is 0. The van der Waals surface area contributed by atoms with Crippen LogP contribution in [0.3, 0.4) is 0 Å². The molecule has 1 amide bonds. The van der Waals surface area contributed by atoms with Gasteiger partial charge >= 0.3 is 0 Å². The smallest absolute Gasteiger partial charge is 0.268 e. The molecule has 5 heteroatoms. The quantitative estimate of drug-likeness (QED) is 0.888. The number of pyridine rings is 2. The fraction of sp³-hybridized carbons (Fsp3) is 0.526. The molecule has 2 aromatic rings. The van der Waals surface area contributed by atoms with Crippen molar-refractivity contribution in [1.82, 2.24) is 9.97 Å². The van der Waals surface area contributed by atoms with Gasteiger partial charge in [0.2, 0.25) is 0 Å². The number of carbonyl (C=O) groups is 1. The summed E-state index contributed by atoms with van der Waals surface area (Å²) < 4.78 is 0. The maximum Gasteiger partial charge on any atom is 0.268 e. The maximum absolute atomic E-state index is 12.6. The summed E-state index contributed by atoms with van der Waals surface area (Å²) in [6.45, 7) is 0. The summed E-state index contributed by atoms with van der Waals surface area (Å²) in [6, 6.07) is 3.40. The van der Waals surface area contributed by atoms with Crippen molar-refractivity contribution in [3.05, 3.63) is 39.9 Å². The predicted octanol–water partition coefficient (Wildman–Crippen LogP) is 3.24. The van der Waals surface area contributed by atoms with Crippen molar-refractivity contribution in [2.45, 2.75) is 57.3 Å². The van der Waals surface area contributed by atoms with Crippen molar-refractivity contribution in [2.75, 3.05) is 0 Å². The van der Waals surface area contributed by atoms with Gasteiger partial charge < -0.3 is 10.7 Å². The monoisotopic (exact) mass is 325 g/mol. The van der Waals surface area contributed by atoms with Gasteiger partial charge in [-0.2, -0.15) is 0 Å². The van der Waals surface area contributed by atoms with E-state index >= 15 is 0 Å². The molecule has 5 nitrogen and oxygen atoms in total. The summed E-state index contributed by atoms with van der Waals surface area (Å²) in [7, 11) is 0. The van der Waals surface area contributed by atoms with E-state index < -0.39 is 5.91 Å². The van der Waals surface area contributed by atoms with Gasteiger partial charge in [-0.1, -0.05) is 19.3 Å². The zero-order chi connectivity index (χ0) is 16.7. The van der Waals surface area contributed by atoms with Crippen LogP contribution in [0.15, 0.2) is 23.1 Å². The average molecular weight is 325 g/mol. The molecule has 24 heavy (non-hydrogen) atoms. The molecule has 1 spiro atoms. The molecule has 2 fully saturated rings. The predicted molar refractivity (Wildman–Crippen MR) is 93.0 cm³/mol. The number of hydrogen-bond acceptors (Lipinski definition) is 3. The second-order valence-electron chi connectivity index (χ2n) is 7.54. The van der Waals surface area contributed by atoms with Crippen molar-refractivity contribution in [3.8, 4) is 0 Å². The van der Waals surface area contributed by atoms with Crippen LogP contribution < -0.4 is 11.2 Å². The van der Waals surface area contributed by atoms with Gasteiger partial charge in [0.25, 0.3) is 5.91 Å². The molecular weight excluding hydrogens is 302 g/mol. The number of rotatable bonds is 2. The Bertz CT molecular complexity index is 849. The average Bonchev–Trinajstić information content (AvgIpc) is 2.98. The third-order valence-corrected chi connectivity index (χ3v) is 6.05. The van der Waals surface area contributed by atoms with Gasteiger partial charge in [0.1, 0.15) is 5.69 Å². The molecule has 0 aliphatic heterocycles. The molecular formula is C19H23N3O2. The van der Waals surface area contributed by atoms with E-state index in [0.29, 0.717) is 22.2 Å². The van der Waals surface area contributed by atoms with E-state index in [1.807, 2.05) is 0 Å². The van der Waals surface area contributed by atoms with Crippen LogP contribution >= 0.6 is 0 Å². The lowest BCUT2D eigenvalue weighted by atomic mass is 9.72. The molecule has 1 atom stereocenters. The number of nitrogens with one attached hydrogen (secondary N) is 1. The normalized spacial score (nSPS) is 22.9. The minimum absolute atomic E-state index is 0.0514. The molecule has 0 bridgehead atoms. The molecule has 3 N–H and O–H groups in total. The lowest BCUT2D eigenvalue weighted by Gasteiger charge is -2.33. The number of fused-ring (bicyclic) bond motifs is 1. The lowest BCUT2D eigenvalue weighted by Crippen LogP contribution is -2.21. The highest BCUT2D eigenvalue weighted by molar-refractivity contribution is 6.03. The van der Waals surface area contributed by atoms with Crippen LogP contribution in [-0.2, 0) is 0 Å². The minimum atomic E-state index is -0.666. The second kappa shape index (κ2) is 5.72. The van der Waals surface area contributed by atoms with Gasteiger partial charge in [-0.3, -0.25) is 14.6 Å². The Hall–Kier alpha value is -2.17. The maximum atomic E-state index is 12.6. The van der Waals surface area contributed by atoms with E-state index in [0.717, 1.165) is 12.1 Å². The fourth-order valence-corrected chi connectivity index (χ4v) is 4.86. The zero-order valence-electron chi connectivity index (χ0n) is 13.8. The number of hydrogen-bond donors (Lipinski definition) is 2. The van der Waals surface area contributed by atoms with Crippen molar-refractivity contribution < 1.29 is 4.79 Å². The lowest BCUT2D eigenvalue weighted by molar-refractivity contribution is 0.0997. The largest absolute Gasteiger partial charge is 0.364 e. The SMILES string of the molecule is NC(=O)c1nccc2[nH]c(C3CCC4(CCCCC4)C3)cc(=O)c12. The van der Waals surface area contributed by atoms with Crippen LogP contribution in [0.5, 0.6) is 0 Å². The number of nitrogens with zero attached hydrogens (tertiary/aromatic N) is 1. The van der Waals surface area contributed by atoms with E-state index in [2.05, 4.69) is 9.97 Å². The van der Waals surface area contributed by atoms with Crippen molar-refractivity contribution in [2.24, 2.45) is 11.1 Å². The Morgan fingerprint density at radius 3 is 2.79 bits per heavy atom. The first-order valence-corrected chi connectivity index (χ1v) is 8.90. The molecule has 2 aliphatic rings. The van der Waals surface area contributed by atoms with Gasteiger partial charge in [0.15, 0.2) is 5.43 Å². The van der Waals surface area contributed by atoms with Crippen molar-refractivity contribution in [1.29, 1.82) is 0 Å². The van der Waals surface area contributed by atoms with Gasteiger partial charge in [0, 0.05) is 18.0 Å². The molecule has 4 rings (SSSR count). The van der Waals surface area contributed by atoms with Gasteiger partial charge in [-0.05, 0) is 49.5 Å². The Balaban J connectivity index is 1.71. The Labute approximate surface area is 140 Å². The highest BCUT2D eigenvalue weighted by Crippen LogP contribution is 2.53. The number of aromatic nitrogens is 2. The number of aromatic amines is 1. The fourth-order valence-electron chi connectivity index (χ4n) is 4.86. The summed E-state index contributed by atoms with van der Waals surface area (Å²) in [5, 5.41) is 0.305.